The first-order chi connectivity index (χ1) is 13.0. The van der Waals surface area contributed by atoms with E-state index in [2.05, 4.69) is 10.5 Å². The van der Waals surface area contributed by atoms with E-state index < -0.39 is 28.9 Å². The van der Waals surface area contributed by atoms with Crippen LogP contribution in [0.1, 0.15) is 11.1 Å². The van der Waals surface area contributed by atoms with E-state index in [0.717, 1.165) is 6.21 Å². The molecular formula is C17H14N4O6. The predicted molar refractivity (Wildman–Crippen MR) is 93.7 cm³/mol. The number of hydrazone groups is 1. The summed E-state index contributed by atoms with van der Waals surface area (Å²) in [5, 5.41) is 33.4. The number of aromatic hydroxyl groups is 1. The van der Waals surface area contributed by atoms with Gasteiger partial charge < -0.3 is 14.6 Å². The van der Waals surface area contributed by atoms with E-state index >= 15 is 0 Å². The van der Waals surface area contributed by atoms with Crippen molar-refractivity contribution < 1.29 is 24.3 Å². The summed E-state index contributed by atoms with van der Waals surface area (Å²) >= 11 is 0. The van der Waals surface area contributed by atoms with E-state index in [-0.39, 0.29) is 22.6 Å². The van der Waals surface area contributed by atoms with Gasteiger partial charge in [-0.3, -0.25) is 14.9 Å². The Balaban J connectivity index is 2.04. The van der Waals surface area contributed by atoms with Gasteiger partial charge in [0.05, 0.1) is 29.4 Å². The third-order valence-corrected chi connectivity index (χ3v) is 3.29. The van der Waals surface area contributed by atoms with Gasteiger partial charge in [-0.25, -0.2) is 5.43 Å². The fraction of sp³-hybridized carbons (Fsp3) is 0.118. The Bertz CT molecular complexity index is 936. The molecule has 0 aliphatic rings. The summed E-state index contributed by atoms with van der Waals surface area (Å²) in [7, 11) is 1.18. The van der Waals surface area contributed by atoms with Gasteiger partial charge >= 0.3 is 5.69 Å². The van der Waals surface area contributed by atoms with E-state index in [1.807, 2.05) is 6.07 Å². The monoisotopic (exact) mass is 370 g/mol. The Morgan fingerprint density at radius 3 is 2.81 bits per heavy atom. The number of nitrogens with one attached hydrogen (secondary N) is 1. The summed E-state index contributed by atoms with van der Waals surface area (Å²) in [6.07, 6.45) is 1.04. The molecule has 0 bridgehead atoms. The lowest BCUT2D eigenvalue weighted by Crippen LogP contribution is -2.24. The lowest BCUT2D eigenvalue weighted by atomic mass is 10.1. The van der Waals surface area contributed by atoms with Crippen LogP contribution in [0.5, 0.6) is 17.2 Å². The number of benzene rings is 2. The number of nitro groups is 1. The fourth-order valence-electron chi connectivity index (χ4n) is 2.10. The summed E-state index contributed by atoms with van der Waals surface area (Å²) in [4.78, 5) is 22.2. The first kappa shape index (κ1) is 19.2. The van der Waals surface area contributed by atoms with E-state index in [1.165, 1.54) is 19.2 Å². The lowest BCUT2D eigenvalue weighted by Gasteiger charge is -2.07. The number of phenols is 1. The van der Waals surface area contributed by atoms with Crippen molar-refractivity contribution in [2.24, 2.45) is 5.10 Å². The van der Waals surface area contributed by atoms with E-state index in [4.69, 9.17) is 14.7 Å². The zero-order valence-electron chi connectivity index (χ0n) is 14.1. The number of hydrogen-bond donors (Lipinski definition) is 2. The molecule has 2 rings (SSSR count). The maximum atomic E-state index is 11.8. The molecule has 27 heavy (non-hydrogen) atoms. The van der Waals surface area contributed by atoms with Gasteiger partial charge in [0.1, 0.15) is 11.8 Å². The summed E-state index contributed by atoms with van der Waals surface area (Å²) < 4.78 is 10.1. The number of nitrogens with zero attached hydrogens (tertiary/aromatic N) is 3. The van der Waals surface area contributed by atoms with Gasteiger partial charge in [-0.05, 0) is 24.3 Å². The van der Waals surface area contributed by atoms with Crippen molar-refractivity contribution in [2.45, 2.75) is 0 Å². The highest BCUT2D eigenvalue weighted by atomic mass is 16.6. The number of ether oxygens (including phenoxy) is 2. The van der Waals surface area contributed by atoms with Gasteiger partial charge in [0.15, 0.2) is 12.4 Å². The maximum Gasteiger partial charge on any atom is 0.323 e. The number of hydrogen-bond acceptors (Lipinski definition) is 8. The molecule has 138 valence electrons. The van der Waals surface area contributed by atoms with Crippen LogP contribution < -0.4 is 14.9 Å². The second-order valence-corrected chi connectivity index (χ2v) is 5.00. The van der Waals surface area contributed by atoms with Gasteiger partial charge in [0.25, 0.3) is 5.91 Å². The molecule has 2 aromatic rings. The molecule has 0 heterocycles. The number of rotatable bonds is 7. The molecule has 10 nitrogen and oxygen atoms in total. The number of amides is 1. The molecule has 0 aliphatic carbocycles. The molecule has 0 aliphatic heterocycles. The van der Waals surface area contributed by atoms with Gasteiger partial charge in [-0.2, -0.15) is 10.4 Å². The van der Waals surface area contributed by atoms with Crippen LogP contribution >= 0.6 is 0 Å². The van der Waals surface area contributed by atoms with Crippen LogP contribution in [0, 0.1) is 21.4 Å². The molecule has 0 unspecified atom stereocenters. The number of carbonyl (C=O) groups excluding carboxylic acids is 1. The Morgan fingerprint density at radius 1 is 1.41 bits per heavy atom. The van der Waals surface area contributed by atoms with Crippen molar-refractivity contribution in [3.8, 4) is 23.3 Å². The number of nitriles is 1. The zero-order valence-corrected chi connectivity index (χ0v) is 14.1. The van der Waals surface area contributed by atoms with Crippen molar-refractivity contribution in [2.75, 3.05) is 13.7 Å². The molecular weight excluding hydrogens is 356 g/mol. The fourth-order valence-corrected chi connectivity index (χ4v) is 2.10. The Hall–Kier alpha value is -4.13. The quantitative estimate of drug-likeness (QED) is 0.428. The third kappa shape index (κ3) is 4.70. The molecule has 0 radical (unpaired) electrons. The summed E-state index contributed by atoms with van der Waals surface area (Å²) in [5.74, 6) is -1.09. The highest BCUT2D eigenvalue weighted by molar-refractivity contribution is 5.89. The van der Waals surface area contributed by atoms with E-state index in [1.54, 1.807) is 24.3 Å². The molecule has 0 fully saturated rings. The molecule has 10 heteroatoms. The molecule has 0 spiro atoms. The topological polar surface area (TPSA) is 147 Å². The van der Waals surface area contributed by atoms with Crippen molar-refractivity contribution in [3.05, 3.63) is 57.6 Å². The van der Waals surface area contributed by atoms with Gasteiger partial charge in [-0.15, -0.1) is 0 Å². The Labute approximate surface area is 153 Å². The summed E-state index contributed by atoms with van der Waals surface area (Å²) in [6, 6.07) is 10.8. The molecule has 0 aromatic heterocycles. The van der Waals surface area contributed by atoms with Crippen molar-refractivity contribution >= 4 is 17.8 Å². The molecule has 2 aromatic carbocycles. The SMILES string of the molecule is COc1c(O)ccc(/C=N\NC(=O)COc2ccccc2C#N)c1[N+](=O)[O-]. The smallest absolute Gasteiger partial charge is 0.323 e. The van der Waals surface area contributed by atoms with Crippen LogP contribution in [-0.4, -0.2) is 35.9 Å². The average Bonchev–Trinajstić information content (AvgIpc) is 2.67. The van der Waals surface area contributed by atoms with Gasteiger partial charge in [0.2, 0.25) is 5.75 Å². The highest BCUT2D eigenvalue weighted by Gasteiger charge is 2.23. The highest BCUT2D eigenvalue weighted by Crippen LogP contribution is 2.37. The molecule has 0 saturated carbocycles. The minimum atomic E-state index is -0.732. The molecule has 0 saturated heterocycles. The lowest BCUT2D eigenvalue weighted by molar-refractivity contribution is -0.386. The van der Waals surface area contributed by atoms with Crippen LogP contribution in [0.2, 0.25) is 0 Å². The van der Waals surface area contributed by atoms with Gasteiger partial charge in [0, 0.05) is 0 Å². The Morgan fingerprint density at radius 2 is 2.15 bits per heavy atom. The number of carbonyl (C=O) groups is 1. The third-order valence-electron chi connectivity index (χ3n) is 3.29. The molecule has 0 atom stereocenters. The normalized spacial score (nSPS) is 10.2. The number of methoxy groups -OCH3 is 1. The standard InChI is InChI=1S/C17H14N4O6/c1-26-17-13(22)7-6-12(16(17)21(24)25)9-19-20-15(23)10-27-14-5-3-2-4-11(14)8-18/h2-7,9,22H,10H2,1H3,(H,20,23)/b19-9-. The summed E-state index contributed by atoms with van der Waals surface area (Å²) in [5.41, 5.74) is 1.96. The van der Waals surface area contributed by atoms with Crippen LogP contribution in [-0.2, 0) is 4.79 Å². The van der Waals surface area contributed by atoms with Crippen LogP contribution in [0.15, 0.2) is 41.5 Å². The van der Waals surface area contributed by atoms with Crippen molar-refractivity contribution in [1.82, 2.24) is 5.43 Å². The predicted octanol–water partition coefficient (Wildman–Crippen LogP) is 1.71. The first-order valence-corrected chi connectivity index (χ1v) is 7.46. The van der Waals surface area contributed by atoms with E-state index in [0.29, 0.717) is 0 Å². The van der Waals surface area contributed by atoms with E-state index in [9.17, 15) is 20.0 Å². The van der Waals surface area contributed by atoms with Crippen LogP contribution in [0.3, 0.4) is 0 Å². The maximum absolute atomic E-state index is 11.8. The largest absolute Gasteiger partial charge is 0.504 e. The Kier molecular flexibility index (Phi) is 6.27. The second kappa shape index (κ2) is 8.82. The van der Waals surface area contributed by atoms with Crippen LogP contribution in [0.4, 0.5) is 5.69 Å². The zero-order chi connectivity index (χ0) is 19.8. The number of nitro benzene ring substituents is 1. The van der Waals surface area contributed by atoms with Gasteiger partial charge in [-0.1, -0.05) is 12.1 Å². The molecule has 2 N–H and O–H groups in total. The average molecular weight is 370 g/mol. The first-order valence-electron chi connectivity index (χ1n) is 7.46. The molecule has 1 amide bonds. The number of phenolic OH excluding ortho intramolecular Hbond substituents is 1. The van der Waals surface area contributed by atoms with Crippen molar-refractivity contribution in [3.63, 3.8) is 0 Å². The van der Waals surface area contributed by atoms with Crippen molar-refractivity contribution in [1.29, 1.82) is 5.26 Å². The number of para-hydroxylation sites is 1. The minimum absolute atomic E-state index is 0.0192. The minimum Gasteiger partial charge on any atom is -0.504 e. The second-order valence-electron chi connectivity index (χ2n) is 5.00. The summed E-state index contributed by atoms with van der Waals surface area (Å²) in [6.45, 7) is -0.406. The van der Waals surface area contributed by atoms with Crippen LogP contribution in [0.25, 0.3) is 0 Å².